The van der Waals surface area contributed by atoms with Crippen molar-refractivity contribution in [1.82, 2.24) is 9.36 Å². The highest BCUT2D eigenvalue weighted by atomic mass is 32.1. The highest BCUT2D eigenvalue weighted by Gasteiger charge is 2.16. The molecule has 0 radical (unpaired) electrons. The van der Waals surface area contributed by atoms with Crippen molar-refractivity contribution in [2.45, 2.75) is 20.8 Å². The highest BCUT2D eigenvalue weighted by molar-refractivity contribution is 7.09. The molecule has 4 aromatic rings. The van der Waals surface area contributed by atoms with Crippen molar-refractivity contribution in [2.24, 2.45) is 0 Å². The molecule has 0 aliphatic rings. The van der Waals surface area contributed by atoms with Crippen LogP contribution in [0.4, 0.5) is 0 Å². The molecule has 5 nitrogen and oxygen atoms in total. The lowest BCUT2D eigenvalue weighted by atomic mass is 10.1. The first kappa shape index (κ1) is 16.5. The summed E-state index contributed by atoms with van der Waals surface area (Å²) in [5, 5.41) is 10.9. The maximum absolute atomic E-state index is 11.2. The van der Waals surface area contributed by atoms with Crippen LogP contribution < -0.4 is 0 Å². The summed E-state index contributed by atoms with van der Waals surface area (Å²) in [7, 11) is 0. The lowest BCUT2D eigenvalue weighted by molar-refractivity contribution is 0.0696. The smallest absolute Gasteiger partial charge is 0.335 e. The Morgan fingerprint density at radius 3 is 2.50 bits per heavy atom. The highest BCUT2D eigenvalue weighted by Crippen LogP contribution is 2.33. The number of carboxylic acid groups (broad SMARTS) is 1. The quantitative estimate of drug-likeness (QED) is 0.538. The molecular weight excluding hydrogens is 348 g/mol. The van der Waals surface area contributed by atoms with Crippen molar-refractivity contribution < 1.29 is 14.3 Å². The van der Waals surface area contributed by atoms with Crippen molar-refractivity contribution in [2.75, 3.05) is 0 Å². The lowest BCUT2D eigenvalue weighted by Gasteiger charge is -2.02. The van der Waals surface area contributed by atoms with Crippen LogP contribution in [-0.2, 0) is 0 Å². The fraction of sp³-hybridized carbons (Fsp3) is 0.150. The summed E-state index contributed by atoms with van der Waals surface area (Å²) in [5.41, 5.74) is 4.87. The van der Waals surface area contributed by atoms with Crippen LogP contribution in [-0.4, -0.2) is 20.4 Å². The number of rotatable bonds is 3. The van der Waals surface area contributed by atoms with Gasteiger partial charge in [0, 0.05) is 10.9 Å². The van der Waals surface area contributed by atoms with E-state index in [1.165, 1.54) is 11.5 Å². The summed E-state index contributed by atoms with van der Waals surface area (Å²) >= 11 is 1.27. The third-order valence-electron chi connectivity index (χ3n) is 4.45. The van der Waals surface area contributed by atoms with Crippen molar-refractivity contribution in [1.29, 1.82) is 0 Å². The minimum absolute atomic E-state index is 0.285. The average molecular weight is 364 g/mol. The summed E-state index contributed by atoms with van der Waals surface area (Å²) in [6, 6.07) is 11.2. The molecule has 0 fully saturated rings. The summed E-state index contributed by atoms with van der Waals surface area (Å²) < 4.78 is 10.4. The zero-order valence-corrected chi connectivity index (χ0v) is 15.3. The molecule has 0 saturated carbocycles. The van der Waals surface area contributed by atoms with E-state index in [-0.39, 0.29) is 5.56 Å². The molecule has 0 unspecified atom stereocenters. The van der Waals surface area contributed by atoms with E-state index in [4.69, 9.17) is 9.52 Å². The standard InChI is InChI=1S/C20H16N2O3S/c1-10-4-5-11(2)17-15(10)9-16(25-17)19-21-18(22-26-19)13-6-7-14(20(23)24)12(3)8-13/h4-9H,1-3H3,(H,23,24). The molecule has 2 aromatic heterocycles. The first-order valence-corrected chi connectivity index (χ1v) is 8.89. The zero-order valence-electron chi connectivity index (χ0n) is 14.5. The van der Waals surface area contributed by atoms with Gasteiger partial charge in [-0.05, 0) is 67.2 Å². The van der Waals surface area contributed by atoms with E-state index in [2.05, 4.69) is 22.3 Å². The molecule has 0 bridgehead atoms. The summed E-state index contributed by atoms with van der Waals surface area (Å²) in [5.74, 6) is 0.327. The zero-order chi connectivity index (χ0) is 18.4. The number of hydrogen-bond acceptors (Lipinski definition) is 5. The van der Waals surface area contributed by atoms with Crippen LogP contribution in [0.5, 0.6) is 0 Å². The van der Waals surface area contributed by atoms with E-state index in [0.29, 0.717) is 22.2 Å². The van der Waals surface area contributed by atoms with Crippen LogP contribution in [0.3, 0.4) is 0 Å². The second-order valence-corrected chi connectivity index (χ2v) is 7.06. The summed E-state index contributed by atoms with van der Waals surface area (Å²) in [6.45, 7) is 5.85. The molecule has 1 N–H and O–H groups in total. The molecule has 0 amide bonds. The van der Waals surface area contributed by atoms with E-state index >= 15 is 0 Å². The van der Waals surface area contributed by atoms with Gasteiger partial charge in [0.05, 0.1) is 5.56 Å². The number of hydrogen-bond donors (Lipinski definition) is 1. The third kappa shape index (κ3) is 2.68. The van der Waals surface area contributed by atoms with E-state index < -0.39 is 5.97 Å². The molecular formula is C20H16N2O3S. The van der Waals surface area contributed by atoms with E-state index in [1.807, 2.05) is 19.1 Å². The van der Waals surface area contributed by atoms with Crippen LogP contribution in [0.1, 0.15) is 27.0 Å². The van der Waals surface area contributed by atoms with Crippen molar-refractivity contribution in [3.63, 3.8) is 0 Å². The Hall–Kier alpha value is -2.99. The third-order valence-corrected chi connectivity index (χ3v) is 5.18. The number of furan rings is 1. The minimum atomic E-state index is -0.936. The fourth-order valence-electron chi connectivity index (χ4n) is 2.98. The lowest BCUT2D eigenvalue weighted by Crippen LogP contribution is -1.99. The second kappa shape index (κ2) is 6.07. The molecule has 0 aliphatic heterocycles. The van der Waals surface area contributed by atoms with Gasteiger partial charge in [-0.2, -0.15) is 4.37 Å². The fourth-order valence-corrected chi connectivity index (χ4v) is 3.62. The Morgan fingerprint density at radius 1 is 1.04 bits per heavy atom. The van der Waals surface area contributed by atoms with Gasteiger partial charge in [0.25, 0.3) is 0 Å². The van der Waals surface area contributed by atoms with Crippen LogP contribution in [0.25, 0.3) is 33.1 Å². The van der Waals surface area contributed by atoms with E-state index in [0.717, 1.165) is 27.7 Å². The number of aryl methyl sites for hydroxylation is 3. The first-order chi connectivity index (χ1) is 12.4. The van der Waals surface area contributed by atoms with Gasteiger partial charge in [-0.25, -0.2) is 9.78 Å². The van der Waals surface area contributed by atoms with Gasteiger partial charge in [-0.1, -0.05) is 18.2 Å². The Morgan fingerprint density at radius 2 is 1.81 bits per heavy atom. The molecule has 2 heterocycles. The maximum Gasteiger partial charge on any atom is 0.335 e. The van der Waals surface area contributed by atoms with Gasteiger partial charge in [0.2, 0.25) is 0 Å². The van der Waals surface area contributed by atoms with Gasteiger partial charge in [0.1, 0.15) is 5.58 Å². The Balaban J connectivity index is 1.75. The Labute approximate surface area is 154 Å². The van der Waals surface area contributed by atoms with Gasteiger partial charge < -0.3 is 9.52 Å². The normalized spacial score (nSPS) is 11.2. The number of aromatic carboxylic acids is 1. The van der Waals surface area contributed by atoms with E-state index in [9.17, 15) is 4.79 Å². The molecule has 26 heavy (non-hydrogen) atoms. The maximum atomic E-state index is 11.2. The van der Waals surface area contributed by atoms with Gasteiger partial charge >= 0.3 is 5.97 Å². The first-order valence-electron chi connectivity index (χ1n) is 8.12. The number of carboxylic acids is 1. The Kier molecular flexibility index (Phi) is 3.85. The topological polar surface area (TPSA) is 76.2 Å². The van der Waals surface area contributed by atoms with Crippen LogP contribution in [0, 0.1) is 20.8 Å². The predicted molar refractivity (Wildman–Crippen MR) is 102 cm³/mol. The van der Waals surface area contributed by atoms with Crippen molar-refractivity contribution >= 4 is 28.5 Å². The van der Waals surface area contributed by atoms with Gasteiger partial charge in [-0.15, -0.1) is 0 Å². The van der Waals surface area contributed by atoms with Crippen LogP contribution in [0.15, 0.2) is 40.8 Å². The number of carbonyl (C=O) groups is 1. The minimum Gasteiger partial charge on any atom is -0.478 e. The molecule has 0 saturated heterocycles. The monoisotopic (exact) mass is 364 g/mol. The molecule has 0 atom stereocenters. The molecule has 2 aromatic carbocycles. The van der Waals surface area contributed by atoms with Crippen molar-refractivity contribution in [3.05, 3.63) is 58.7 Å². The SMILES string of the molecule is Cc1cc(-c2nsc(-c3cc4c(C)ccc(C)c4o3)n2)ccc1C(=O)O. The van der Waals surface area contributed by atoms with Crippen LogP contribution >= 0.6 is 11.5 Å². The second-order valence-electron chi connectivity index (χ2n) is 6.31. The van der Waals surface area contributed by atoms with Crippen molar-refractivity contribution in [3.8, 4) is 22.2 Å². The summed E-state index contributed by atoms with van der Waals surface area (Å²) in [6.07, 6.45) is 0. The molecule has 130 valence electrons. The number of fused-ring (bicyclic) bond motifs is 1. The number of nitrogens with zero attached hydrogens (tertiary/aromatic N) is 2. The largest absolute Gasteiger partial charge is 0.478 e. The average Bonchev–Trinajstić information content (AvgIpc) is 3.25. The molecule has 0 spiro atoms. The molecule has 6 heteroatoms. The molecule has 4 rings (SSSR count). The van der Waals surface area contributed by atoms with Gasteiger partial charge in [0.15, 0.2) is 16.6 Å². The Bertz CT molecular complexity index is 1120. The van der Waals surface area contributed by atoms with E-state index in [1.54, 1.807) is 25.1 Å². The molecule has 0 aliphatic carbocycles. The predicted octanol–water partition coefficient (Wildman–Crippen LogP) is 5.24. The van der Waals surface area contributed by atoms with Gasteiger partial charge in [-0.3, -0.25) is 0 Å². The van der Waals surface area contributed by atoms with Crippen LogP contribution in [0.2, 0.25) is 0 Å². The number of benzene rings is 2. The number of aromatic nitrogens is 2. The summed E-state index contributed by atoms with van der Waals surface area (Å²) in [4.78, 5) is 15.7.